The van der Waals surface area contributed by atoms with Gasteiger partial charge in [0.05, 0.1) is 18.7 Å². The molecule has 0 saturated carbocycles. The van der Waals surface area contributed by atoms with Gasteiger partial charge in [-0.3, -0.25) is 9.59 Å². The second-order valence-electron chi connectivity index (χ2n) is 4.74. The maximum Gasteiger partial charge on any atom is 0.329 e. The van der Waals surface area contributed by atoms with Crippen LogP contribution in [0.15, 0.2) is 17.8 Å². The lowest BCUT2D eigenvalue weighted by Crippen LogP contribution is -2.36. The number of ether oxygens (including phenoxy) is 2. The Labute approximate surface area is 142 Å². The van der Waals surface area contributed by atoms with E-state index in [0.29, 0.717) is 12.2 Å². The first-order valence-electron chi connectivity index (χ1n) is 6.94. The van der Waals surface area contributed by atoms with Crippen LogP contribution in [0.1, 0.15) is 12.5 Å². The molecule has 0 aromatic heterocycles. The van der Waals surface area contributed by atoms with Crippen LogP contribution in [0.3, 0.4) is 0 Å². The van der Waals surface area contributed by atoms with Gasteiger partial charge in [-0.2, -0.15) is 0 Å². The van der Waals surface area contributed by atoms with Crippen molar-refractivity contribution in [1.82, 2.24) is 10.2 Å². The maximum absolute atomic E-state index is 12.2. The van der Waals surface area contributed by atoms with Crippen molar-refractivity contribution >= 4 is 35.6 Å². The molecule has 24 heavy (non-hydrogen) atoms. The molecule has 0 atom stereocenters. The zero-order chi connectivity index (χ0) is 17.9. The summed E-state index contributed by atoms with van der Waals surface area (Å²) in [5.74, 6) is -1.45. The molecule has 1 aliphatic heterocycles. The van der Waals surface area contributed by atoms with Crippen LogP contribution in [-0.4, -0.2) is 48.2 Å². The summed E-state index contributed by atoms with van der Waals surface area (Å²) >= 11 is 5.92. The number of benzene rings is 1. The van der Waals surface area contributed by atoms with Crippen LogP contribution < -0.4 is 10.1 Å². The van der Waals surface area contributed by atoms with Crippen molar-refractivity contribution in [3.05, 3.63) is 28.4 Å². The Bertz CT molecular complexity index is 731. The lowest BCUT2D eigenvalue weighted by Gasteiger charge is -2.09. The van der Waals surface area contributed by atoms with E-state index in [1.165, 1.54) is 18.2 Å². The van der Waals surface area contributed by atoms with Crippen molar-refractivity contribution in [2.24, 2.45) is 0 Å². The first kappa shape index (κ1) is 17.6. The summed E-state index contributed by atoms with van der Waals surface area (Å²) in [7, 11) is 1.16. The maximum atomic E-state index is 12.2. The molecule has 8 nitrogen and oxygen atoms in total. The standard InChI is InChI=1S/C15H15ClN2O6/c1-3-24-11-6-8(4-9(16)13(11)20)5-10-14(21)18(15(22)17-10)7-12(19)23-2/h4-6,20H,3,7H2,1-2H3,(H,17,22)/b10-5+. The molecule has 0 unspecified atom stereocenters. The Morgan fingerprint density at radius 1 is 1.42 bits per heavy atom. The van der Waals surface area contributed by atoms with E-state index in [2.05, 4.69) is 10.1 Å². The van der Waals surface area contributed by atoms with Gasteiger partial charge in [0.2, 0.25) is 0 Å². The lowest BCUT2D eigenvalue weighted by atomic mass is 10.1. The number of methoxy groups -OCH3 is 1. The fraction of sp³-hybridized carbons (Fsp3) is 0.267. The monoisotopic (exact) mass is 354 g/mol. The van der Waals surface area contributed by atoms with Crippen LogP contribution in [0.4, 0.5) is 4.79 Å². The largest absolute Gasteiger partial charge is 0.503 e. The molecule has 0 spiro atoms. The summed E-state index contributed by atoms with van der Waals surface area (Å²) < 4.78 is 9.69. The number of nitrogens with zero attached hydrogens (tertiary/aromatic N) is 1. The molecule has 1 heterocycles. The molecule has 1 aromatic carbocycles. The summed E-state index contributed by atoms with van der Waals surface area (Å²) in [6, 6.07) is 2.15. The van der Waals surface area contributed by atoms with Crippen molar-refractivity contribution in [2.75, 3.05) is 20.3 Å². The van der Waals surface area contributed by atoms with Gasteiger partial charge in [0, 0.05) is 0 Å². The number of phenolic OH excluding ortho intramolecular Hbond substituents is 1. The van der Waals surface area contributed by atoms with Crippen LogP contribution in [0, 0.1) is 0 Å². The molecule has 9 heteroatoms. The summed E-state index contributed by atoms with van der Waals surface area (Å²) in [6.45, 7) is 1.56. The van der Waals surface area contributed by atoms with E-state index in [4.69, 9.17) is 16.3 Å². The third kappa shape index (κ3) is 3.60. The Kier molecular flexibility index (Phi) is 5.30. The van der Waals surface area contributed by atoms with Gasteiger partial charge < -0.3 is 19.9 Å². The molecule has 1 fully saturated rings. The van der Waals surface area contributed by atoms with E-state index in [1.807, 2.05) is 0 Å². The van der Waals surface area contributed by atoms with Crippen molar-refractivity contribution in [2.45, 2.75) is 6.92 Å². The van der Waals surface area contributed by atoms with Crippen molar-refractivity contribution in [1.29, 1.82) is 0 Å². The van der Waals surface area contributed by atoms with Gasteiger partial charge in [-0.15, -0.1) is 0 Å². The number of aromatic hydroxyl groups is 1. The van der Waals surface area contributed by atoms with Crippen LogP contribution in [-0.2, 0) is 14.3 Å². The Morgan fingerprint density at radius 2 is 2.12 bits per heavy atom. The predicted octanol–water partition coefficient (Wildman–Crippen LogP) is 1.51. The number of hydrogen-bond acceptors (Lipinski definition) is 6. The molecular formula is C15H15ClN2O6. The SMILES string of the molecule is CCOc1cc(/C=C2/NC(=O)N(CC(=O)OC)C2=O)cc(Cl)c1O. The van der Waals surface area contributed by atoms with E-state index < -0.39 is 24.5 Å². The quantitative estimate of drug-likeness (QED) is 0.472. The zero-order valence-corrected chi connectivity index (χ0v) is 13.7. The molecular weight excluding hydrogens is 340 g/mol. The Morgan fingerprint density at radius 3 is 2.75 bits per heavy atom. The number of nitrogens with one attached hydrogen (secondary N) is 1. The van der Waals surface area contributed by atoms with Gasteiger partial charge in [-0.1, -0.05) is 11.6 Å². The van der Waals surface area contributed by atoms with E-state index in [1.54, 1.807) is 6.92 Å². The highest BCUT2D eigenvalue weighted by atomic mass is 35.5. The van der Waals surface area contributed by atoms with Gasteiger partial charge in [0.1, 0.15) is 12.2 Å². The van der Waals surface area contributed by atoms with Crippen molar-refractivity contribution in [3.8, 4) is 11.5 Å². The Balaban J connectivity index is 2.30. The minimum Gasteiger partial charge on any atom is -0.503 e. The minimum absolute atomic E-state index is 0.0342. The first-order valence-corrected chi connectivity index (χ1v) is 7.31. The molecule has 0 bridgehead atoms. The number of amides is 3. The van der Waals surface area contributed by atoms with Gasteiger partial charge >= 0.3 is 12.0 Å². The van der Waals surface area contributed by atoms with Crippen LogP contribution >= 0.6 is 11.6 Å². The van der Waals surface area contributed by atoms with E-state index >= 15 is 0 Å². The topological polar surface area (TPSA) is 105 Å². The van der Waals surface area contributed by atoms with E-state index in [9.17, 15) is 19.5 Å². The lowest BCUT2D eigenvalue weighted by molar-refractivity contribution is -0.143. The third-order valence-corrected chi connectivity index (χ3v) is 3.43. The van der Waals surface area contributed by atoms with Gasteiger partial charge in [0.25, 0.3) is 5.91 Å². The second-order valence-corrected chi connectivity index (χ2v) is 5.15. The molecule has 3 amide bonds. The van der Waals surface area contributed by atoms with Crippen molar-refractivity contribution < 1.29 is 29.0 Å². The number of carbonyl (C=O) groups is 3. The summed E-state index contributed by atoms with van der Waals surface area (Å²) in [5.41, 5.74) is 0.401. The fourth-order valence-electron chi connectivity index (χ4n) is 2.02. The number of imide groups is 1. The molecule has 1 saturated heterocycles. The van der Waals surface area contributed by atoms with Gasteiger partial charge in [-0.05, 0) is 30.7 Å². The van der Waals surface area contributed by atoms with Crippen molar-refractivity contribution in [3.63, 3.8) is 0 Å². The number of carbonyl (C=O) groups excluding carboxylic acids is 3. The number of hydrogen-bond donors (Lipinski definition) is 2. The first-order chi connectivity index (χ1) is 11.4. The van der Waals surface area contributed by atoms with E-state index in [0.717, 1.165) is 12.0 Å². The number of halogens is 1. The number of rotatable bonds is 5. The predicted molar refractivity (Wildman–Crippen MR) is 84.5 cm³/mol. The molecule has 2 N–H and O–H groups in total. The normalized spacial score (nSPS) is 15.6. The minimum atomic E-state index is -0.730. The highest BCUT2D eigenvalue weighted by molar-refractivity contribution is 6.32. The van der Waals surface area contributed by atoms with Gasteiger partial charge in [0.15, 0.2) is 11.5 Å². The zero-order valence-electron chi connectivity index (χ0n) is 13.0. The summed E-state index contributed by atoms with van der Waals surface area (Å²) in [6.07, 6.45) is 1.37. The molecule has 0 radical (unpaired) electrons. The van der Waals surface area contributed by atoms with Crippen LogP contribution in [0.5, 0.6) is 11.5 Å². The molecule has 1 aliphatic rings. The average Bonchev–Trinajstić information content (AvgIpc) is 2.79. The Hall–Kier alpha value is -2.74. The molecule has 1 aromatic rings. The van der Waals surface area contributed by atoms with E-state index in [-0.39, 0.29) is 22.2 Å². The molecule has 0 aliphatic carbocycles. The highest BCUT2D eigenvalue weighted by Gasteiger charge is 2.35. The number of esters is 1. The second kappa shape index (κ2) is 7.22. The smallest absolute Gasteiger partial charge is 0.329 e. The summed E-state index contributed by atoms with van der Waals surface area (Å²) in [4.78, 5) is 35.9. The fourth-order valence-corrected chi connectivity index (χ4v) is 2.24. The molecule has 128 valence electrons. The molecule has 2 rings (SSSR count). The average molecular weight is 355 g/mol. The summed E-state index contributed by atoms with van der Waals surface area (Å²) in [5, 5.41) is 12.2. The number of urea groups is 1. The highest BCUT2D eigenvalue weighted by Crippen LogP contribution is 2.36. The van der Waals surface area contributed by atoms with Gasteiger partial charge in [-0.25, -0.2) is 9.69 Å². The van der Waals surface area contributed by atoms with Crippen LogP contribution in [0.25, 0.3) is 6.08 Å². The van der Waals surface area contributed by atoms with Crippen LogP contribution in [0.2, 0.25) is 5.02 Å². The number of phenols is 1. The third-order valence-electron chi connectivity index (χ3n) is 3.14.